The van der Waals surface area contributed by atoms with E-state index in [-0.39, 0.29) is 12.1 Å². The molecule has 1 heterocycles. The second-order valence-electron chi connectivity index (χ2n) is 4.45. The zero-order valence-corrected chi connectivity index (χ0v) is 9.97. The summed E-state index contributed by atoms with van der Waals surface area (Å²) in [5, 5.41) is 1.15. The Hall–Kier alpha value is -1.32. The van der Waals surface area contributed by atoms with E-state index in [1.807, 2.05) is 45.5 Å². The fraction of sp³-hybridized carbons (Fsp3) is 0.385. The van der Waals surface area contributed by atoms with Crippen LogP contribution in [0.1, 0.15) is 18.5 Å². The van der Waals surface area contributed by atoms with E-state index < -0.39 is 0 Å². The van der Waals surface area contributed by atoms with Gasteiger partial charge in [0.15, 0.2) is 0 Å². The minimum Gasteiger partial charge on any atom is -0.464 e. The number of likely N-dealkylation sites (N-methyl/N-ethyl adjacent to an activating group) is 1. The summed E-state index contributed by atoms with van der Waals surface area (Å²) < 4.78 is 5.55. The monoisotopic (exact) mass is 218 g/mol. The van der Waals surface area contributed by atoms with Gasteiger partial charge < -0.3 is 15.1 Å². The third-order valence-corrected chi connectivity index (χ3v) is 2.88. The van der Waals surface area contributed by atoms with Crippen molar-refractivity contribution in [2.75, 3.05) is 14.1 Å². The Kier molecular flexibility index (Phi) is 2.99. The molecule has 0 aliphatic rings. The first-order chi connectivity index (χ1) is 7.61. The van der Waals surface area contributed by atoms with Crippen LogP contribution in [0, 0.1) is 0 Å². The highest BCUT2D eigenvalue weighted by molar-refractivity contribution is 5.81. The van der Waals surface area contributed by atoms with Crippen LogP contribution in [0.2, 0.25) is 0 Å². The minimum absolute atomic E-state index is 0.0657. The minimum atomic E-state index is 0.0657. The van der Waals surface area contributed by atoms with Gasteiger partial charge in [-0.1, -0.05) is 18.2 Å². The summed E-state index contributed by atoms with van der Waals surface area (Å²) >= 11 is 0. The lowest BCUT2D eigenvalue weighted by molar-refractivity contribution is 0.266. The van der Waals surface area contributed by atoms with Crippen molar-refractivity contribution in [1.29, 1.82) is 0 Å². The normalized spacial score (nSPS) is 15.6. The molecule has 0 saturated heterocycles. The molecule has 0 spiro atoms. The molecular formula is C13H18N2O. The highest BCUT2D eigenvalue weighted by Crippen LogP contribution is 2.30. The van der Waals surface area contributed by atoms with Crippen LogP contribution < -0.4 is 5.73 Å². The van der Waals surface area contributed by atoms with Crippen molar-refractivity contribution in [3.05, 3.63) is 36.1 Å². The molecule has 0 bridgehead atoms. The molecular weight excluding hydrogens is 200 g/mol. The van der Waals surface area contributed by atoms with Gasteiger partial charge in [-0.2, -0.15) is 0 Å². The molecule has 1 aromatic carbocycles. The molecule has 16 heavy (non-hydrogen) atoms. The zero-order valence-electron chi connectivity index (χ0n) is 9.97. The van der Waals surface area contributed by atoms with Gasteiger partial charge in [0.1, 0.15) is 5.58 Å². The predicted molar refractivity (Wildman–Crippen MR) is 66.3 cm³/mol. The van der Waals surface area contributed by atoms with Crippen molar-refractivity contribution in [1.82, 2.24) is 4.90 Å². The van der Waals surface area contributed by atoms with Gasteiger partial charge in [0.05, 0.1) is 12.3 Å². The average molecular weight is 218 g/mol. The summed E-state index contributed by atoms with van der Waals surface area (Å²) in [5.41, 5.74) is 8.12. The third-order valence-electron chi connectivity index (χ3n) is 2.88. The maximum Gasteiger partial charge on any atom is 0.134 e. The highest BCUT2D eigenvalue weighted by Gasteiger charge is 2.22. The molecule has 1 aromatic heterocycles. The molecule has 2 unspecified atom stereocenters. The number of benzene rings is 1. The fourth-order valence-electron chi connectivity index (χ4n) is 2.26. The second kappa shape index (κ2) is 4.28. The van der Waals surface area contributed by atoms with Gasteiger partial charge in [-0.05, 0) is 27.1 Å². The van der Waals surface area contributed by atoms with Crippen molar-refractivity contribution in [2.45, 2.75) is 19.0 Å². The molecule has 0 radical (unpaired) electrons. The Morgan fingerprint density at radius 2 is 1.94 bits per heavy atom. The van der Waals surface area contributed by atoms with Crippen LogP contribution >= 0.6 is 0 Å². The largest absolute Gasteiger partial charge is 0.464 e. The Morgan fingerprint density at radius 1 is 1.25 bits per heavy atom. The van der Waals surface area contributed by atoms with Gasteiger partial charge in [-0.15, -0.1) is 0 Å². The van der Waals surface area contributed by atoms with Gasteiger partial charge in [-0.25, -0.2) is 0 Å². The molecule has 2 aromatic rings. The number of nitrogens with zero attached hydrogens (tertiary/aromatic N) is 1. The predicted octanol–water partition coefficient (Wildman–Crippen LogP) is 2.38. The fourth-order valence-corrected chi connectivity index (χ4v) is 2.26. The van der Waals surface area contributed by atoms with Gasteiger partial charge in [-0.3, -0.25) is 0 Å². The molecule has 0 aliphatic heterocycles. The molecule has 2 N–H and O–H groups in total. The highest BCUT2D eigenvalue weighted by atomic mass is 16.3. The van der Waals surface area contributed by atoms with E-state index in [9.17, 15) is 0 Å². The summed E-state index contributed by atoms with van der Waals surface area (Å²) in [6.45, 7) is 2.02. The molecule has 0 fully saturated rings. The maximum atomic E-state index is 6.04. The number of nitrogens with two attached hydrogens (primary N) is 1. The van der Waals surface area contributed by atoms with E-state index >= 15 is 0 Å². The topological polar surface area (TPSA) is 42.4 Å². The van der Waals surface area contributed by atoms with Gasteiger partial charge >= 0.3 is 0 Å². The van der Waals surface area contributed by atoms with Crippen LogP contribution in [0.5, 0.6) is 0 Å². The molecule has 3 heteroatoms. The number of hydrogen-bond donors (Lipinski definition) is 1. The van der Waals surface area contributed by atoms with Crippen molar-refractivity contribution >= 4 is 11.0 Å². The molecule has 0 amide bonds. The zero-order chi connectivity index (χ0) is 11.7. The van der Waals surface area contributed by atoms with Crippen LogP contribution in [0.4, 0.5) is 0 Å². The van der Waals surface area contributed by atoms with E-state index in [0.29, 0.717) is 0 Å². The van der Waals surface area contributed by atoms with Crippen LogP contribution in [0.3, 0.4) is 0 Å². The lowest BCUT2D eigenvalue weighted by Gasteiger charge is -2.27. The van der Waals surface area contributed by atoms with Crippen LogP contribution in [-0.2, 0) is 0 Å². The lowest BCUT2D eigenvalue weighted by atomic mass is 9.99. The van der Waals surface area contributed by atoms with Crippen molar-refractivity contribution < 1.29 is 4.42 Å². The van der Waals surface area contributed by atoms with Crippen molar-refractivity contribution in [3.63, 3.8) is 0 Å². The number of hydrogen-bond acceptors (Lipinski definition) is 3. The Morgan fingerprint density at radius 3 is 2.56 bits per heavy atom. The molecule has 2 rings (SSSR count). The number of para-hydroxylation sites is 1. The molecule has 86 valence electrons. The molecule has 0 aliphatic carbocycles. The first kappa shape index (κ1) is 11.2. The first-order valence-corrected chi connectivity index (χ1v) is 5.49. The smallest absolute Gasteiger partial charge is 0.134 e. The second-order valence-corrected chi connectivity index (χ2v) is 4.45. The average Bonchev–Trinajstić information content (AvgIpc) is 2.61. The van der Waals surface area contributed by atoms with E-state index in [4.69, 9.17) is 10.2 Å². The Balaban J connectivity index is 2.53. The number of rotatable bonds is 3. The lowest BCUT2D eigenvalue weighted by Crippen LogP contribution is -2.34. The van der Waals surface area contributed by atoms with E-state index in [1.54, 1.807) is 0 Å². The van der Waals surface area contributed by atoms with Gasteiger partial charge in [0.25, 0.3) is 0 Å². The van der Waals surface area contributed by atoms with Crippen molar-refractivity contribution in [3.8, 4) is 0 Å². The molecule has 2 atom stereocenters. The van der Waals surface area contributed by atoms with Crippen LogP contribution in [0.25, 0.3) is 11.0 Å². The van der Waals surface area contributed by atoms with Crippen LogP contribution in [-0.4, -0.2) is 25.0 Å². The summed E-state index contributed by atoms with van der Waals surface area (Å²) in [4.78, 5) is 2.13. The molecule has 0 saturated carbocycles. The summed E-state index contributed by atoms with van der Waals surface area (Å²) in [6, 6.07) is 8.31. The van der Waals surface area contributed by atoms with E-state index in [2.05, 4.69) is 11.0 Å². The quantitative estimate of drug-likeness (QED) is 0.860. The maximum absolute atomic E-state index is 6.04. The standard InChI is InChI=1S/C13H18N2O/c1-9(14)13(15(2)3)11-8-16-12-7-5-4-6-10(11)12/h4-9,13H,14H2,1-3H3. The van der Waals surface area contributed by atoms with E-state index in [0.717, 1.165) is 16.5 Å². The van der Waals surface area contributed by atoms with Gasteiger partial charge in [0.2, 0.25) is 0 Å². The Bertz CT molecular complexity index is 465. The van der Waals surface area contributed by atoms with Crippen molar-refractivity contribution in [2.24, 2.45) is 5.73 Å². The molecule has 3 nitrogen and oxygen atoms in total. The third kappa shape index (κ3) is 1.84. The summed E-state index contributed by atoms with van der Waals surface area (Å²) in [6.07, 6.45) is 1.82. The SMILES string of the molecule is CC(N)C(c1coc2ccccc12)N(C)C. The van der Waals surface area contributed by atoms with E-state index in [1.165, 1.54) is 0 Å². The number of furan rings is 1. The number of fused-ring (bicyclic) bond motifs is 1. The first-order valence-electron chi connectivity index (χ1n) is 5.49. The van der Waals surface area contributed by atoms with Gasteiger partial charge in [0, 0.05) is 17.0 Å². The van der Waals surface area contributed by atoms with Crippen LogP contribution in [0.15, 0.2) is 34.9 Å². The summed E-state index contributed by atoms with van der Waals surface area (Å²) in [7, 11) is 4.08. The Labute approximate surface area is 95.8 Å². The summed E-state index contributed by atoms with van der Waals surface area (Å²) in [5.74, 6) is 0.